The van der Waals surface area contributed by atoms with Gasteiger partial charge < -0.3 is 10.6 Å². The number of benzene rings is 2. The molecule has 1 unspecified atom stereocenters. The SMILES string of the molecule is CNc1cccc(NC(=O)CN2NC(C3CCCCC3)c3ccccc3N(CC(=O)C3CCCC3)C2=O)c1. The Hall–Kier alpha value is -3.39. The zero-order valence-electron chi connectivity index (χ0n) is 22.2. The van der Waals surface area contributed by atoms with Gasteiger partial charge in [-0.15, -0.1) is 0 Å². The minimum atomic E-state index is -0.360. The molecule has 0 bridgehead atoms. The Morgan fingerprint density at radius 3 is 2.37 bits per heavy atom. The van der Waals surface area contributed by atoms with Gasteiger partial charge in [-0.25, -0.2) is 15.2 Å². The van der Waals surface area contributed by atoms with Gasteiger partial charge in [-0.2, -0.15) is 0 Å². The molecule has 0 saturated heterocycles. The number of hydrogen-bond acceptors (Lipinski definition) is 5. The van der Waals surface area contributed by atoms with Crippen molar-refractivity contribution >= 4 is 34.8 Å². The maximum Gasteiger partial charge on any atom is 0.339 e. The number of nitrogens with zero attached hydrogens (tertiary/aromatic N) is 2. The molecule has 8 nitrogen and oxygen atoms in total. The predicted octanol–water partition coefficient (Wildman–Crippen LogP) is 5.49. The molecule has 2 fully saturated rings. The van der Waals surface area contributed by atoms with Crippen molar-refractivity contribution in [3.05, 3.63) is 54.1 Å². The Morgan fingerprint density at radius 1 is 0.895 bits per heavy atom. The van der Waals surface area contributed by atoms with Crippen LogP contribution in [0.3, 0.4) is 0 Å². The molecular weight excluding hydrogens is 478 g/mol. The lowest BCUT2D eigenvalue weighted by Crippen LogP contribution is -2.53. The second-order valence-electron chi connectivity index (χ2n) is 10.8. The van der Waals surface area contributed by atoms with Crippen LogP contribution in [-0.2, 0) is 9.59 Å². The molecule has 2 aromatic rings. The van der Waals surface area contributed by atoms with Gasteiger partial charge in [0.15, 0.2) is 5.78 Å². The number of nitrogens with one attached hydrogen (secondary N) is 3. The van der Waals surface area contributed by atoms with Crippen LogP contribution >= 0.6 is 0 Å². The first-order valence-electron chi connectivity index (χ1n) is 14.1. The molecule has 1 aliphatic heterocycles. The standard InChI is InChI=1S/C30H39N5O3/c1-31-23-14-9-15-24(18-23)32-28(37)20-35-30(38)34(19-27(36)21-10-5-6-11-21)26-17-8-7-16-25(26)29(33-35)22-12-3-2-4-13-22/h7-9,14-18,21-22,29,31,33H,2-6,10-13,19-20H2,1H3,(H,32,37). The Morgan fingerprint density at radius 2 is 1.61 bits per heavy atom. The molecule has 3 N–H and O–H groups in total. The van der Waals surface area contributed by atoms with Crippen LogP contribution in [0.2, 0.25) is 0 Å². The van der Waals surface area contributed by atoms with Crippen LogP contribution in [0.1, 0.15) is 69.4 Å². The van der Waals surface area contributed by atoms with Gasteiger partial charge in [0.2, 0.25) is 5.91 Å². The van der Waals surface area contributed by atoms with Crippen LogP contribution < -0.4 is 21.0 Å². The van der Waals surface area contributed by atoms with Gasteiger partial charge in [0, 0.05) is 24.3 Å². The van der Waals surface area contributed by atoms with Crippen LogP contribution in [0.5, 0.6) is 0 Å². The smallest absolute Gasteiger partial charge is 0.339 e. The number of Topliss-reactive ketones (excluding diaryl/α,β-unsaturated/α-hetero) is 1. The lowest BCUT2D eigenvalue weighted by atomic mass is 9.81. The number of carbonyl (C=O) groups is 3. The number of amides is 3. The normalized spacial score (nSPS) is 20.7. The summed E-state index contributed by atoms with van der Waals surface area (Å²) in [6.45, 7) is -0.129. The Balaban J connectivity index is 1.43. The summed E-state index contributed by atoms with van der Waals surface area (Å²) in [6, 6.07) is 14.9. The highest BCUT2D eigenvalue weighted by Gasteiger charge is 2.38. The van der Waals surface area contributed by atoms with Crippen molar-refractivity contribution in [1.82, 2.24) is 10.4 Å². The average Bonchev–Trinajstić information content (AvgIpc) is 3.46. The summed E-state index contributed by atoms with van der Waals surface area (Å²) in [4.78, 5) is 42.1. The van der Waals surface area contributed by atoms with Crippen LogP contribution in [0.15, 0.2) is 48.5 Å². The lowest BCUT2D eigenvalue weighted by molar-refractivity contribution is -0.121. The van der Waals surface area contributed by atoms with E-state index in [0.29, 0.717) is 11.6 Å². The van der Waals surface area contributed by atoms with E-state index in [9.17, 15) is 14.4 Å². The summed E-state index contributed by atoms with van der Waals surface area (Å²) in [5, 5.41) is 7.42. The van der Waals surface area contributed by atoms with E-state index >= 15 is 0 Å². The van der Waals surface area contributed by atoms with Crippen LogP contribution in [-0.4, -0.2) is 42.9 Å². The first kappa shape index (κ1) is 26.2. The molecule has 2 saturated carbocycles. The zero-order valence-corrected chi connectivity index (χ0v) is 22.2. The largest absolute Gasteiger partial charge is 0.388 e. The molecule has 8 heteroatoms. The number of urea groups is 1. The van der Waals surface area contributed by atoms with Crippen LogP contribution in [0, 0.1) is 11.8 Å². The van der Waals surface area contributed by atoms with Gasteiger partial charge in [0.1, 0.15) is 6.54 Å². The van der Waals surface area contributed by atoms with E-state index in [0.717, 1.165) is 68.3 Å². The molecule has 2 aromatic carbocycles. The highest BCUT2D eigenvalue weighted by molar-refractivity contribution is 6.02. The summed E-state index contributed by atoms with van der Waals surface area (Å²) >= 11 is 0. The maximum atomic E-state index is 14.0. The van der Waals surface area contributed by atoms with Gasteiger partial charge in [-0.1, -0.05) is 56.4 Å². The van der Waals surface area contributed by atoms with Crippen LogP contribution in [0.25, 0.3) is 0 Å². The minimum Gasteiger partial charge on any atom is -0.388 e. The van der Waals surface area contributed by atoms with Crippen molar-refractivity contribution in [2.75, 3.05) is 35.7 Å². The highest BCUT2D eigenvalue weighted by atomic mass is 16.2. The molecule has 5 rings (SSSR count). The predicted molar refractivity (Wildman–Crippen MR) is 150 cm³/mol. The molecule has 38 heavy (non-hydrogen) atoms. The van der Waals surface area contributed by atoms with Crippen molar-refractivity contribution in [3.63, 3.8) is 0 Å². The first-order chi connectivity index (χ1) is 18.5. The fourth-order valence-electron chi connectivity index (χ4n) is 6.26. The molecule has 0 spiro atoms. The summed E-state index contributed by atoms with van der Waals surface area (Å²) in [7, 11) is 1.82. The summed E-state index contributed by atoms with van der Waals surface area (Å²) in [5.74, 6) is 0.169. The second kappa shape index (κ2) is 12.0. The van der Waals surface area contributed by atoms with Crippen molar-refractivity contribution in [3.8, 4) is 0 Å². The number of fused-ring (bicyclic) bond motifs is 1. The third kappa shape index (κ3) is 5.85. The third-order valence-corrected chi connectivity index (χ3v) is 8.30. The molecule has 1 heterocycles. The molecule has 202 valence electrons. The van der Waals surface area contributed by atoms with E-state index in [-0.39, 0.29) is 42.8 Å². The van der Waals surface area contributed by atoms with Gasteiger partial charge in [-0.05, 0) is 61.4 Å². The van der Waals surface area contributed by atoms with E-state index in [1.807, 2.05) is 49.5 Å². The van der Waals surface area contributed by atoms with E-state index in [1.165, 1.54) is 11.4 Å². The Bertz CT molecular complexity index is 1160. The number of para-hydroxylation sites is 1. The van der Waals surface area contributed by atoms with E-state index in [1.54, 1.807) is 4.90 Å². The van der Waals surface area contributed by atoms with Gasteiger partial charge in [-0.3, -0.25) is 14.5 Å². The molecule has 0 aromatic heterocycles. The first-order valence-corrected chi connectivity index (χ1v) is 14.1. The fraction of sp³-hybridized carbons (Fsp3) is 0.500. The van der Waals surface area contributed by atoms with Crippen molar-refractivity contribution in [1.29, 1.82) is 0 Å². The molecule has 3 aliphatic rings. The van der Waals surface area contributed by atoms with E-state index in [4.69, 9.17) is 0 Å². The monoisotopic (exact) mass is 517 g/mol. The Labute approximate surface area is 225 Å². The van der Waals surface area contributed by atoms with Crippen LogP contribution in [0.4, 0.5) is 21.9 Å². The second-order valence-corrected chi connectivity index (χ2v) is 10.8. The number of carbonyl (C=O) groups excluding carboxylic acids is 3. The summed E-state index contributed by atoms with van der Waals surface area (Å²) < 4.78 is 0. The summed E-state index contributed by atoms with van der Waals surface area (Å²) in [6.07, 6.45) is 9.59. The molecule has 0 radical (unpaired) electrons. The third-order valence-electron chi connectivity index (χ3n) is 8.30. The maximum absolute atomic E-state index is 14.0. The van der Waals surface area contributed by atoms with Crippen molar-refractivity contribution in [2.24, 2.45) is 11.8 Å². The van der Waals surface area contributed by atoms with Gasteiger partial charge in [0.25, 0.3) is 0 Å². The highest BCUT2D eigenvalue weighted by Crippen LogP contribution is 2.40. The quantitative estimate of drug-likeness (QED) is 0.430. The Kier molecular flexibility index (Phi) is 8.27. The van der Waals surface area contributed by atoms with Gasteiger partial charge in [0.05, 0.1) is 18.3 Å². The zero-order chi connectivity index (χ0) is 26.5. The molecule has 3 amide bonds. The molecular formula is C30H39N5O3. The summed E-state index contributed by atoms with van der Waals surface area (Å²) in [5.41, 5.74) is 6.80. The molecule has 1 atom stereocenters. The lowest BCUT2D eigenvalue weighted by Gasteiger charge is -2.33. The number of hydrazine groups is 1. The molecule has 2 aliphatic carbocycles. The van der Waals surface area contributed by atoms with E-state index < -0.39 is 0 Å². The topological polar surface area (TPSA) is 93.8 Å². The number of ketones is 1. The average molecular weight is 518 g/mol. The van der Waals surface area contributed by atoms with E-state index in [2.05, 4.69) is 22.1 Å². The number of anilines is 3. The minimum absolute atomic E-state index is 0.0107. The number of rotatable bonds is 8. The number of hydrogen-bond donors (Lipinski definition) is 3. The van der Waals surface area contributed by atoms with Crippen molar-refractivity contribution < 1.29 is 14.4 Å². The fourth-order valence-corrected chi connectivity index (χ4v) is 6.26. The van der Waals surface area contributed by atoms with Gasteiger partial charge >= 0.3 is 6.03 Å². The van der Waals surface area contributed by atoms with Crippen molar-refractivity contribution in [2.45, 2.75) is 63.8 Å².